The van der Waals surface area contributed by atoms with Crippen molar-refractivity contribution in [3.05, 3.63) is 53.6 Å². The number of pyridine rings is 2. The van der Waals surface area contributed by atoms with E-state index in [0.717, 1.165) is 0 Å². The van der Waals surface area contributed by atoms with E-state index < -0.39 is 11.9 Å². The van der Waals surface area contributed by atoms with E-state index in [1.54, 1.807) is 0 Å². The summed E-state index contributed by atoms with van der Waals surface area (Å²) in [4.78, 5) is 30.4. The van der Waals surface area contributed by atoms with Gasteiger partial charge in [-0.05, 0) is 24.3 Å². The van der Waals surface area contributed by atoms with Gasteiger partial charge < -0.3 is 10.4 Å². The van der Waals surface area contributed by atoms with Crippen LogP contribution in [0.5, 0.6) is 0 Å². The highest BCUT2D eigenvalue weighted by Crippen LogP contribution is 2.13. The Hall–Kier alpha value is -3.27. The Kier molecular flexibility index (Phi) is 3.67. The van der Waals surface area contributed by atoms with Crippen LogP contribution in [0.15, 0.2) is 36.7 Å². The summed E-state index contributed by atoms with van der Waals surface area (Å²) in [7, 11) is 0. The molecule has 0 unspecified atom stereocenters. The highest BCUT2D eigenvalue weighted by atomic mass is 16.4. The number of carboxylic acid groups (broad SMARTS) is 1. The molecule has 2 aromatic heterocycles. The number of carbonyl (C=O) groups excluding carboxylic acids is 1. The molecule has 0 radical (unpaired) electrons. The zero-order valence-corrected chi connectivity index (χ0v) is 10.1. The summed E-state index contributed by atoms with van der Waals surface area (Å²) in [6.07, 6.45) is 2.58. The molecular formula is C13H8N4O3. The number of rotatable bonds is 3. The molecule has 7 nitrogen and oxygen atoms in total. The van der Waals surface area contributed by atoms with E-state index in [1.165, 1.54) is 36.7 Å². The van der Waals surface area contributed by atoms with Gasteiger partial charge in [0.2, 0.25) is 0 Å². The maximum Gasteiger partial charge on any atom is 0.356 e. The van der Waals surface area contributed by atoms with Gasteiger partial charge in [-0.15, -0.1) is 0 Å². The predicted molar refractivity (Wildman–Crippen MR) is 68.1 cm³/mol. The number of hydrogen-bond acceptors (Lipinski definition) is 5. The molecule has 0 fully saturated rings. The quantitative estimate of drug-likeness (QED) is 0.866. The lowest BCUT2D eigenvalue weighted by molar-refractivity contribution is 0.0691. The Morgan fingerprint density at radius 1 is 1.25 bits per heavy atom. The largest absolute Gasteiger partial charge is 0.476 e. The van der Waals surface area contributed by atoms with Crippen LogP contribution < -0.4 is 5.32 Å². The van der Waals surface area contributed by atoms with Crippen LogP contribution in [0, 0.1) is 11.3 Å². The molecule has 0 aliphatic carbocycles. The van der Waals surface area contributed by atoms with Crippen molar-refractivity contribution >= 4 is 17.6 Å². The number of carbonyl (C=O) groups is 2. The molecule has 0 bridgehead atoms. The first-order chi connectivity index (χ1) is 9.61. The summed E-state index contributed by atoms with van der Waals surface area (Å²) in [5.74, 6) is -1.82. The first kappa shape index (κ1) is 13.2. The molecule has 2 rings (SSSR count). The first-order valence-corrected chi connectivity index (χ1v) is 5.47. The average Bonchev–Trinajstić information content (AvgIpc) is 2.47. The number of nitrogens with one attached hydrogen (secondary N) is 1. The minimum absolute atomic E-state index is 0.0733. The zero-order chi connectivity index (χ0) is 14.5. The van der Waals surface area contributed by atoms with Crippen LogP contribution in [0.25, 0.3) is 0 Å². The van der Waals surface area contributed by atoms with Gasteiger partial charge >= 0.3 is 5.97 Å². The number of carboxylic acids is 1. The van der Waals surface area contributed by atoms with Gasteiger partial charge in [0.05, 0.1) is 11.3 Å². The van der Waals surface area contributed by atoms with Crippen molar-refractivity contribution in [2.24, 2.45) is 0 Å². The van der Waals surface area contributed by atoms with E-state index >= 15 is 0 Å². The summed E-state index contributed by atoms with van der Waals surface area (Å²) >= 11 is 0. The predicted octanol–water partition coefficient (Wildman–Crippen LogP) is 1.30. The number of aromatic nitrogens is 2. The van der Waals surface area contributed by atoms with Crippen LogP contribution >= 0.6 is 0 Å². The van der Waals surface area contributed by atoms with Crippen molar-refractivity contribution < 1.29 is 14.7 Å². The number of amides is 1. The van der Waals surface area contributed by atoms with Crippen LogP contribution in [0.3, 0.4) is 0 Å². The molecule has 0 aromatic carbocycles. The second-order valence-corrected chi connectivity index (χ2v) is 3.70. The second-order valence-electron chi connectivity index (χ2n) is 3.70. The topological polar surface area (TPSA) is 116 Å². The van der Waals surface area contributed by atoms with Gasteiger partial charge in [0.15, 0.2) is 5.69 Å². The minimum Gasteiger partial charge on any atom is -0.476 e. The fraction of sp³-hybridized carbons (Fsp3) is 0. The van der Waals surface area contributed by atoms with Crippen LogP contribution in [0.2, 0.25) is 0 Å². The summed E-state index contributed by atoms with van der Waals surface area (Å²) < 4.78 is 0. The number of aromatic carboxylic acids is 1. The molecular weight excluding hydrogens is 260 g/mol. The molecule has 0 atom stereocenters. The fourth-order valence-electron chi connectivity index (χ4n) is 1.46. The monoisotopic (exact) mass is 268 g/mol. The molecule has 0 saturated carbocycles. The maximum atomic E-state index is 11.9. The molecule has 1 amide bonds. The highest BCUT2D eigenvalue weighted by Gasteiger charge is 2.15. The Balaban J connectivity index is 2.23. The summed E-state index contributed by atoms with van der Waals surface area (Å²) in [6, 6.07) is 7.65. The molecule has 2 aromatic rings. The van der Waals surface area contributed by atoms with Crippen LogP contribution in [0.4, 0.5) is 5.69 Å². The van der Waals surface area contributed by atoms with E-state index in [4.69, 9.17) is 10.4 Å². The summed E-state index contributed by atoms with van der Waals surface area (Å²) in [5, 5.41) is 20.0. The van der Waals surface area contributed by atoms with Crippen molar-refractivity contribution in [2.75, 3.05) is 5.32 Å². The molecule has 98 valence electrons. The number of hydrogen-bond donors (Lipinski definition) is 2. The van der Waals surface area contributed by atoms with Gasteiger partial charge in [-0.3, -0.25) is 4.79 Å². The number of nitriles is 1. The van der Waals surface area contributed by atoms with Gasteiger partial charge in [0, 0.05) is 12.4 Å². The minimum atomic E-state index is -1.24. The van der Waals surface area contributed by atoms with E-state index in [-0.39, 0.29) is 17.1 Å². The van der Waals surface area contributed by atoms with Crippen molar-refractivity contribution in [1.82, 2.24) is 9.97 Å². The van der Waals surface area contributed by atoms with E-state index in [2.05, 4.69) is 15.3 Å². The number of anilines is 1. The normalized spacial score (nSPS) is 9.55. The van der Waals surface area contributed by atoms with Gasteiger partial charge in [0.1, 0.15) is 11.8 Å². The lowest BCUT2D eigenvalue weighted by atomic mass is 10.2. The van der Waals surface area contributed by atoms with Crippen LogP contribution in [-0.4, -0.2) is 27.0 Å². The molecule has 0 aliphatic heterocycles. The van der Waals surface area contributed by atoms with E-state index in [0.29, 0.717) is 5.56 Å². The molecule has 2 heterocycles. The van der Waals surface area contributed by atoms with Crippen LogP contribution in [-0.2, 0) is 0 Å². The van der Waals surface area contributed by atoms with Crippen molar-refractivity contribution in [3.8, 4) is 6.07 Å². The fourth-order valence-corrected chi connectivity index (χ4v) is 1.46. The van der Waals surface area contributed by atoms with Crippen LogP contribution in [0.1, 0.15) is 26.5 Å². The Labute approximate surface area is 113 Å². The van der Waals surface area contributed by atoms with E-state index in [1.807, 2.05) is 6.07 Å². The summed E-state index contributed by atoms with van der Waals surface area (Å²) in [5.41, 5.74) is 0.226. The SMILES string of the molecule is N#Cc1ccc(C(=O)Nc2cccnc2C(=O)O)nc1. The zero-order valence-electron chi connectivity index (χ0n) is 10.1. The van der Waals surface area contributed by atoms with Crippen molar-refractivity contribution in [3.63, 3.8) is 0 Å². The Morgan fingerprint density at radius 2 is 2.05 bits per heavy atom. The second kappa shape index (κ2) is 5.58. The third-order valence-electron chi connectivity index (χ3n) is 2.38. The third-order valence-corrected chi connectivity index (χ3v) is 2.38. The average molecular weight is 268 g/mol. The molecule has 2 N–H and O–H groups in total. The molecule has 0 aliphatic rings. The first-order valence-electron chi connectivity index (χ1n) is 5.47. The van der Waals surface area contributed by atoms with Crippen molar-refractivity contribution in [1.29, 1.82) is 5.26 Å². The van der Waals surface area contributed by atoms with Gasteiger partial charge in [0.25, 0.3) is 5.91 Å². The number of nitrogens with zero attached hydrogens (tertiary/aromatic N) is 3. The van der Waals surface area contributed by atoms with Gasteiger partial charge in [-0.25, -0.2) is 14.8 Å². The molecule has 20 heavy (non-hydrogen) atoms. The molecule has 7 heteroatoms. The van der Waals surface area contributed by atoms with Crippen molar-refractivity contribution in [2.45, 2.75) is 0 Å². The standard InChI is InChI=1S/C13H8N4O3/c14-6-8-3-4-10(16-7-8)12(18)17-9-2-1-5-15-11(9)13(19)20/h1-5,7H,(H,17,18)(H,19,20). The smallest absolute Gasteiger partial charge is 0.356 e. The Bertz CT molecular complexity index is 704. The lowest BCUT2D eigenvalue weighted by Crippen LogP contribution is -2.16. The van der Waals surface area contributed by atoms with E-state index in [9.17, 15) is 9.59 Å². The highest BCUT2D eigenvalue weighted by molar-refractivity contribution is 6.06. The lowest BCUT2D eigenvalue weighted by Gasteiger charge is -2.06. The molecule has 0 saturated heterocycles. The third kappa shape index (κ3) is 2.76. The summed E-state index contributed by atoms with van der Waals surface area (Å²) in [6.45, 7) is 0. The van der Waals surface area contributed by atoms with Gasteiger partial charge in [-0.1, -0.05) is 0 Å². The Morgan fingerprint density at radius 3 is 2.65 bits per heavy atom. The van der Waals surface area contributed by atoms with Gasteiger partial charge in [-0.2, -0.15) is 5.26 Å². The maximum absolute atomic E-state index is 11.9. The molecule has 0 spiro atoms.